The van der Waals surface area contributed by atoms with Gasteiger partial charge in [-0.2, -0.15) is 0 Å². The maximum Gasteiger partial charge on any atom is 0.157 e. The third-order valence-electron chi connectivity index (χ3n) is 13.9. The van der Waals surface area contributed by atoms with E-state index in [1.165, 1.54) is 83.5 Å². The van der Waals surface area contributed by atoms with Crippen LogP contribution in [0.4, 0.5) is 0 Å². The van der Waals surface area contributed by atoms with E-state index in [-0.39, 0.29) is 5.41 Å². The summed E-state index contributed by atoms with van der Waals surface area (Å²) in [5.41, 5.74) is 28.4. The molecule has 0 aliphatic heterocycles. The molecule has 9 aromatic carbocycles. The lowest BCUT2D eigenvalue weighted by Gasteiger charge is -2.30. The number of hydrogen-bond acceptors (Lipinski definition) is 1. The van der Waals surface area contributed by atoms with Crippen LogP contribution < -0.4 is 5.73 Å². The zero-order valence-corrected chi connectivity index (χ0v) is 35.0. The number of nitrogens with two attached hydrogens (primary N) is 1. The van der Waals surface area contributed by atoms with Crippen molar-refractivity contribution in [2.75, 3.05) is 0 Å². The van der Waals surface area contributed by atoms with E-state index in [1.54, 1.807) is 0 Å². The monoisotopic (exact) mass is 805 g/mol. The third kappa shape index (κ3) is 5.46. The number of rotatable bonds is 6. The molecule has 0 saturated heterocycles. The Morgan fingerprint density at radius 3 is 1.33 bits per heavy atom. The zero-order valence-electron chi connectivity index (χ0n) is 35.0. The molecule has 0 aromatic heterocycles. The first kappa shape index (κ1) is 36.9. The van der Waals surface area contributed by atoms with Gasteiger partial charge in [0.15, 0.2) is 5.84 Å². The van der Waals surface area contributed by atoms with Crippen LogP contribution in [0.1, 0.15) is 62.6 Å². The van der Waals surface area contributed by atoms with Gasteiger partial charge in [0, 0.05) is 16.5 Å². The van der Waals surface area contributed by atoms with Gasteiger partial charge in [-0.15, -0.1) is 0 Å². The van der Waals surface area contributed by atoms with Gasteiger partial charge in [0.25, 0.3) is 0 Å². The topological polar surface area (TPSA) is 50.7 Å². The van der Waals surface area contributed by atoms with Crippen molar-refractivity contribution in [3.8, 4) is 44.5 Å². The summed E-state index contributed by atoms with van der Waals surface area (Å²) in [6.45, 7) is 2.83. The Kier molecular flexibility index (Phi) is 8.42. The molecule has 63 heavy (non-hydrogen) atoms. The highest BCUT2D eigenvalue weighted by Crippen LogP contribution is 2.62. The van der Waals surface area contributed by atoms with E-state index in [0.29, 0.717) is 18.2 Å². The molecule has 12 rings (SSSR count). The summed E-state index contributed by atoms with van der Waals surface area (Å²) in [7, 11) is 0. The Morgan fingerprint density at radius 2 is 0.810 bits per heavy atom. The largest absolute Gasteiger partial charge is 0.383 e. The van der Waals surface area contributed by atoms with Gasteiger partial charge in [-0.05, 0) is 102 Å². The highest BCUT2D eigenvalue weighted by Gasteiger charge is 2.51. The van der Waals surface area contributed by atoms with Gasteiger partial charge in [-0.3, -0.25) is 4.99 Å². The molecule has 9 aromatic rings. The van der Waals surface area contributed by atoms with Crippen LogP contribution >= 0.6 is 0 Å². The second-order valence-electron chi connectivity index (χ2n) is 17.1. The van der Waals surface area contributed by atoms with Gasteiger partial charge in [-0.1, -0.05) is 212 Å². The minimum absolute atomic E-state index is 0.287. The second kappa shape index (κ2) is 14.4. The SMILES string of the molecule is CC1(c2ccccc2-c2ccc(CN=C(N=C(N)c3ccc4c(c3)C3(c5ccccc5-c5ccccc53)c3ccccc3-4)c3ccccc3)cc2)c2ccccc2-c2ccccc21. The molecule has 0 atom stereocenters. The maximum absolute atomic E-state index is 7.07. The average molecular weight is 806 g/mol. The average Bonchev–Trinajstić information content (AvgIpc) is 3.93. The zero-order chi connectivity index (χ0) is 42.1. The van der Waals surface area contributed by atoms with E-state index in [1.807, 2.05) is 18.2 Å². The third-order valence-corrected chi connectivity index (χ3v) is 13.9. The molecule has 3 aliphatic rings. The van der Waals surface area contributed by atoms with Crippen molar-refractivity contribution in [3.05, 3.63) is 274 Å². The lowest BCUT2D eigenvalue weighted by molar-refractivity contribution is 0.716. The van der Waals surface area contributed by atoms with E-state index in [2.05, 4.69) is 207 Å². The van der Waals surface area contributed by atoms with E-state index >= 15 is 0 Å². The molecule has 0 fully saturated rings. The van der Waals surface area contributed by atoms with Gasteiger partial charge in [0.05, 0.1) is 12.0 Å². The molecular weight excluding hydrogens is 763 g/mol. The van der Waals surface area contributed by atoms with Gasteiger partial charge in [-0.25, -0.2) is 4.99 Å². The highest BCUT2D eigenvalue weighted by molar-refractivity contribution is 6.11. The second-order valence-corrected chi connectivity index (χ2v) is 17.1. The normalized spacial score (nSPS) is 14.7. The van der Waals surface area contributed by atoms with Crippen LogP contribution in [0.5, 0.6) is 0 Å². The van der Waals surface area contributed by atoms with Crippen molar-refractivity contribution in [1.29, 1.82) is 0 Å². The van der Waals surface area contributed by atoms with Crippen molar-refractivity contribution in [1.82, 2.24) is 0 Å². The summed E-state index contributed by atoms with van der Waals surface area (Å²) in [6.07, 6.45) is 0. The maximum atomic E-state index is 7.07. The first-order chi connectivity index (χ1) is 31.0. The van der Waals surface area contributed by atoms with E-state index in [4.69, 9.17) is 15.7 Å². The Bertz CT molecular complexity index is 3230. The molecule has 0 heterocycles. The molecule has 3 heteroatoms. The predicted octanol–water partition coefficient (Wildman–Crippen LogP) is 13.4. The Labute approximate surface area is 368 Å². The molecule has 0 unspecified atom stereocenters. The standard InChI is InChI=1S/C60H43N3/c1-59(51-26-12-6-20-44(51)45-21-7-13-27-52(45)59)50-25-11-5-19-43(50)40-33-31-39(32-34-40)38-62-58(41-17-3-2-4-18-41)63-57(61)42-35-36-49-48-24-10-16-30-55(48)60(56(49)37-42)53-28-14-8-22-46(53)47-23-9-15-29-54(47)60/h2-37H,38H2,1H3,(H2,61,62,63). The molecule has 3 aliphatic carbocycles. The van der Waals surface area contributed by atoms with E-state index < -0.39 is 5.41 Å². The van der Waals surface area contributed by atoms with Gasteiger partial charge in [0.2, 0.25) is 0 Å². The number of benzene rings is 9. The number of hydrogen-bond donors (Lipinski definition) is 1. The summed E-state index contributed by atoms with van der Waals surface area (Å²) in [6, 6.07) is 78.8. The Hall–Kier alpha value is -7.88. The number of aliphatic imine (C=N–C) groups is 2. The van der Waals surface area contributed by atoms with Crippen LogP contribution in [0.15, 0.2) is 228 Å². The van der Waals surface area contributed by atoms with Gasteiger partial charge >= 0.3 is 0 Å². The fourth-order valence-electron chi connectivity index (χ4n) is 11.1. The fourth-order valence-corrected chi connectivity index (χ4v) is 11.1. The first-order valence-electron chi connectivity index (χ1n) is 21.8. The lowest BCUT2D eigenvalue weighted by Crippen LogP contribution is -2.26. The van der Waals surface area contributed by atoms with Crippen LogP contribution in [0.2, 0.25) is 0 Å². The molecule has 2 N–H and O–H groups in total. The van der Waals surface area contributed by atoms with Crippen LogP contribution in [0.3, 0.4) is 0 Å². The molecule has 3 nitrogen and oxygen atoms in total. The summed E-state index contributed by atoms with van der Waals surface area (Å²) in [5, 5.41) is 0. The highest BCUT2D eigenvalue weighted by atomic mass is 15.0. The van der Waals surface area contributed by atoms with Crippen LogP contribution in [0.25, 0.3) is 44.5 Å². The van der Waals surface area contributed by atoms with Gasteiger partial charge < -0.3 is 5.73 Å². The van der Waals surface area contributed by atoms with Crippen molar-refractivity contribution in [3.63, 3.8) is 0 Å². The molecule has 1 spiro atoms. The number of nitrogens with zero attached hydrogens (tertiary/aromatic N) is 2. The van der Waals surface area contributed by atoms with E-state index in [9.17, 15) is 0 Å². The molecular formula is C60H43N3. The van der Waals surface area contributed by atoms with E-state index in [0.717, 1.165) is 16.7 Å². The smallest absolute Gasteiger partial charge is 0.157 e. The summed E-state index contributed by atoms with van der Waals surface area (Å²) in [4.78, 5) is 10.3. The molecule has 0 bridgehead atoms. The van der Waals surface area contributed by atoms with Crippen molar-refractivity contribution in [2.24, 2.45) is 15.7 Å². The number of fused-ring (bicyclic) bond motifs is 13. The van der Waals surface area contributed by atoms with Crippen LogP contribution in [-0.2, 0) is 17.4 Å². The molecule has 0 saturated carbocycles. The summed E-state index contributed by atoms with van der Waals surface area (Å²) >= 11 is 0. The minimum atomic E-state index is -0.456. The molecule has 0 radical (unpaired) electrons. The number of amidine groups is 2. The first-order valence-corrected chi connectivity index (χ1v) is 21.8. The quantitative estimate of drug-likeness (QED) is 0.132. The van der Waals surface area contributed by atoms with Crippen molar-refractivity contribution < 1.29 is 0 Å². The molecule has 298 valence electrons. The predicted molar refractivity (Wildman–Crippen MR) is 259 cm³/mol. The Balaban J connectivity index is 0.902. The van der Waals surface area contributed by atoms with Gasteiger partial charge in [0.1, 0.15) is 5.84 Å². The molecule has 0 amide bonds. The van der Waals surface area contributed by atoms with Crippen molar-refractivity contribution >= 4 is 11.7 Å². The fraction of sp³-hybridized carbons (Fsp3) is 0.0667. The van der Waals surface area contributed by atoms with Crippen LogP contribution in [0, 0.1) is 0 Å². The van der Waals surface area contributed by atoms with Crippen molar-refractivity contribution in [2.45, 2.75) is 24.3 Å². The minimum Gasteiger partial charge on any atom is -0.383 e. The summed E-state index contributed by atoms with van der Waals surface area (Å²) in [5.74, 6) is 1.03. The lowest BCUT2D eigenvalue weighted by atomic mass is 9.70. The summed E-state index contributed by atoms with van der Waals surface area (Å²) < 4.78 is 0. The van der Waals surface area contributed by atoms with Crippen LogP contribution in [-0.4, -0.2) is 11.7 Å². The Morgan fingerprint density at radius 1 is 0.397 bits per heavy atom.